The van der Waals surface area contributed by atoms with Crippen molar-refractivity contribution in [3.63, 3.8) is 0 Å². The fourth-order valence-electron chi connectivity index (χ4n) is 2.19. The first-order chi connectivity index (χ1) is 7.57. The summed E-state index contributed by atoms with van der Waals surface area (Å²) in [5.41, 5.74) is -0.592. The van der Waals surface area contributed by atoms with Gasteiger partial charge < -0.3 is 5.11 Å². The Hall–Kier alpha value is -0.960. The molecule has 1 N–H and O–H groups in total. The van der Waals surface area contributed by atoms with Gasteiger partial charge in [0.1, 0.15) is 0 Å². The van der Waals surface area contributed by atoms with E-state index < -0.39 is 17.2 Å². The molecule has 1 unspecified atom stereocenters. The lowest BCUT2D eigenvalue weighted by molar-refractivity contribution is 0.0130. The summed E-state index contributed by atoms with van der Waals surface area (Å²) in [6.07, 6.45) is 2.76. The molecular weight excluding hydrogens is 210 g/mol. The Morgan fingerprint density at radius 2 is 2.06 bits per heavy atom. The number of benzene rings is 1. The van der Waals surface area contributed by atoms with Crippen molar-refractivity contribution >= 4 is 0 Å². The smallest absolute Gasteiger partial charge is 0.162 e. The Kier molecular flexibility index (Phi) is 2.98. The lowest BCUT2D eigenvalue weighted by Gasteiger charge is -2.27. The highest BCUT2D eigenvalue weighted by Crippen LogP contribution is 2.43. The van der Waals surface area contributed by atoms with Crippen LogP contribution in [0.1, 0.15) is 31.7 Å². The van der Waals surface area contributed by atoms with E-state index in [1.807, 2.05) is 6.92 Å². The van der Waals surface area contributed by atoms with Gasteiger partial charge in [-0.1, -0.05) is 19.1 Å². The van der Waals surface area contributed by atoms with E-state index in [0.717, 1.165) is 18.9 Å². The van der Waals surface area contributed by atoms with Crippen LogP contribution in [0.4, 0.5) is 8.78 Å². The van der Waals surface area contributed by atoms with Gasteiger partial charge in [0, 0.05) is 6.42 Å². The molecule has 1 atom stereocenters. The molecule has 0 amide bonds. The molecule has 0 heterocycles. The molecule has 0 bridgehead atoms. The first-order valence-corrected chi connectivity index (χ1v) is 5.72. The number of rotatable bonds is 4. The van der Waals surface area contributed by atoms with E-state index in [9.17, 15) is 13.9 Å². The molecule has 1 aromatic carbocycles. The van der Waals surface area contributed by atoms with Crippen LogP contribution in [0.5, 0.6) is 0 Å². The highest BCUT2D eigenvalue weighted by atomic mass is 19.2. The van der Waals surface area contributed by atoms with E-state index >= 15 is 0 Å². The highest BCUT2D eigenvalue weighted by molar-refractivity contribution is 5.21. The molecule has 0 radical (unpaired) electrons. The molecule has 1 aromatic rings. The SMILES string of the molecule is CCC(O)(Cc1cccc(F)c1F)C1CC1. The van der Waals surface area contributed by atoms with E-state index in [1.54, 1.807) is 6.07 Å². The second-order valence-electron chi connectivity index (χ2n) is 4.62. The van der Waals surface area contributed by atoms with Crippen molar-refractivity contribution in [3.8, 4) is 0 Å². The first kappa shape index (κ1) is 11.5. The minimum Gasteiger partial charge on any atom is -0.389 e. The Bertz CT molecular complexity index is 388. The standard InChI is InChI=1S/C13H16F2O/c1-2-13(16,10-6-7-10)8-9-4-3-5-11(14)12(9)15/h3-5,10,16H,2,6-8H2,1H3. The fraction of sp³-hybridized carbons (Fsp3) is 0.538. The van der Waals surface area contributed by atoms with Crippen LogP contribution in [0.15, 0.2) is 18.2 Å². The maximum Gasteiger partial charge on any atom is 0.162 e. The van der Waals surface area contributed by atoms with Crippen molar-refractivity contribution in [2.45, 2.75) is 38.2 Å². The molecule has 88 valence electrons. The summed E-state index contributed by atoms with van der Waals surface area (Å²) in [6, 6.07) is 4.12. The Morgan fingerprint density at radius 1 is 1.38 bits per heavy atom. The van der Waals surface area contributed by atoms with Crippen LogP contribution in [-0.4, -0.2) is 10.7 Å². The number of hydrogen-bond donors (Lipinski definition) is 1. The molecule has 1 fully saturated rings. The predicted octanol–water partition coefficient (Wildman–Crippen LogP) is 3.06. The molecule has 0 aromatic heterocycles. The quantitative estimate of drug-likeness (QED) is 0.836. The van der Waals surface area contributed by atoms with Crippen molar-refractivity contribution in [2.75, 3.05) is 0 Å². The third kappa shape index (κ3) is 2.09. The van der Waals surface area contributed by atoms with Gasteiger partial charge in [0.15, 0.2) is 11.6 Å². The zero-order valence-electron chi connectivity index (χ0n) is 9.34. The first-order valence-electron chi connectivity index (χ1n) is 5.72. The highest BCUT2D eigenvalue weighted by Gasteiger charge is 2.42. The van der Waals surface area contributed by atoms with Gasteiger partial charge in [-0.3, -0.25) is 0 Å². The van der Waals surface area contributed by atoms with Crippen LogP contribution in [0.2, 0.25) is 0 Å². The molecule has 3 heteroatoms. The summed E-state index contributed by atoms with van der Waals surface area (Å²) >= 11 is 0. The minimum absolute atomic E-state index is 0.206. The third-order valence-electron chi connectivity index (χ3n) is 3.48. The summed E-state index contributed by atoms with van der Waals surface area (Å²) in [5.74, 6) is -1.41. The van der Waals surface area contributed by atoms with Gasteiger partial charge in [-0.2, -0.15) is 0 Å². The zero-order valence-corrected chi connectivity index (χ0v) is 9.34. The van der Waals surface area contributed by atoms with Crippen molar-refractivity contribution in [2.24, 2.45) is 5.92 Å². The second kappa shape index (κ2) is 4.13. The molecular formula is C13H16F2O. The van der Waals surface area contributed by atoms with Gasteiger partial charge in [0.05, 0.1) is 5.60 Å². The number of halogens is 2. The van der Waals surface area contributed by atoms with Gasteiger partial charge in [0.25, 0.3) is 0 Å². The summed E-state index contributed by atoms with van der Waals surface area (Å²) in [4.78, 5) is 0. The molecule has 0 spiro atoms. The lowest BCUT2D eigenvalue weighted by Crippen LogP contribution is -2.33. The van der Waals surface area contributed by atoms with Gasteiger partial charge in [-0.15, -0.1) is 0 Å². The monoisotopic (exact) mass is 226 g/mol. The average Bonchev–Trinajstić information content (AvgIpc) is 3.08. The van der Waals surface area contributed by atoms with E-state index in [1.165, 1.54) is 6.07 Å². The van der Waals surface area contributed by atoms with Crippen LogP contribution in [0, 0.1) is 17.6 Å². The molecule has 1 saturated carbocycles. The Morgan fingerprint density at radius 3 is 2.62 bits per heavy atom. The van der Waals surface area contributed by atoms with E-state index in [0.29, 0.717) is 6.42 Å². The molecule has 2 rings (SSSR count). The van der Waals surface area contributed by atoms with Crippen molar-refractivity contribution < 1.29 is 13.9 Å². The maximum atomic E-state index is 13.5. The number of aliphatic hydroxyl groups is 1. The van der Waals surface area contributed by atoms with E-state index in [4.69, 9.17) is 0 Å². The zero-order chi connectivity index (χ0) is 11.8. The normalized spacial score (nSPS) is 19.5. The summed E-state index contributed by atoms with van der Waals surface area (Å²) in [7, 11) is 0. The molecule has 1 aliphatic rings. The maximum absolute atomic E-state index is 13.5. The van der Waals surface area contributed by atoms with Crippen LogP contribution in [0.25, 0.3) is 0 Å². The molecule has 1 nitrogen and oxygen atoms in total. The van der Waals surface area contributed by atoms with Gasteiger partial charge in [0.2, 0.25) is 0 Å². The summed E-state index contributed by atoms with van der Waals surface area (Å²) in [6.45, 7) is 1.88. The van der Waals surface area contributed by atoms with Crippen LogP contribution in [-0.2, 0) is 6.42 Å². The van der Waals surface area contributed by atoms with Crippen molar-refractivity contribution in [1.29, 1.82) is 0 Å². The molecule has 1 aliphatic carbocycles. The third-order valence-corrected chi connectivity index (χ3v) is 3.48. The van der Waals surface area contributed by atoms with Gasteiger partial charge in [-0.25, -0.2) is 8.78 Å². The minimum atomic E-state index is -0.866. The predicted molar refractivity (Wildman–Crippen MR) is 58.0 cm³/mol. The molecule has 0 saturated heterocycles. The largest absolute Gasteiger partial charge is 0.389 e. The average molecular weight is 226 g/mol. The molecule has 16 heavy (non-hydrogen) atoms. The van der Waals surface area contributed by atoms with Gasteiger partial charge >= 0.3 is 0 Å². The Labute approximate surface area is 94.1 Å². The second-order valence-corrected chi connectivity index (χ2v) is 4.62. The van der Waals surface area contributed by atoms with Crippen LogP contribution in [0.3, 0.4) is 0 Å². The summed E-state index contributed by atoms with van der Waals surface area (Å²) in [5, 5.41) is 10.3. The number of hydrogen-bond acceptors (Lipinski definition) is 1. The van der Waals surface area contributed by atoms with Gasteiger partial charge in [-0.05, 0) is 36.8 Å². The molecule has 0 aliphatic heterocycles. The van der Waals surface area contributed by atoms with Crippen LogP contribution < -0.4 is 0 Å². The van der Waals surface area contributed by atoms with Crippen molar-refractivity contribution in [3.05, 3.63) is 35.4 Å². The van der Waals surface area contributed by atoms with E-state index in [-0.39, 0.29) is 17.9 Å². The van der Waals surface area contributed by atoms with E-state index in [2.05, 4.69) is 0 Å². The Balaban J connectivity index is 2.22. The lowest BCUT2D eigenvalue weighted by atomic mass is 9.87. The topological polar surface area (TPSA) is 20.2 Å². The van der Waals surface area contributed by atoms with Crippen LogP contribution >= 0.6 is 0 Å². The summed E-state index contributed by atoms with van der Waals surface area (Å²) < 4.78 is 26.5. The van der Waals surface area contributed by atoms with Crippen molar-refractivity contribution in [1.82, 2.24) is 0 Å². The fourth-order valence-corrected chi connectivity index (χ4v) is 2.19.